The van der Waals surface area contributed by atoms with E-state index in [4.69, 9.17) is 5.73 Å². The number of rotatable bonds is 4. The van der Waals surface area contributed by atoms with Crippen LogP contribution in [0.25, 0.3) is 5.69 Å². The lowest BCUT2D eigenvalue weighted by Gasteiger charge is -2.29. The van der Waals surface area contributed by atoms with Gasteiger partial charge in [0.15, 0.2) is 5.78 Å². The average molecular weight is 393 g/mol. The Bertz CT molecular complexity index is 958. The topological polar surface area (TPSA) is 78.0 Å². The van der Waals surface area contributed by atoms with Crippen LogP contribution in [0.3, 0.4) is 0 Å². The van der Waals surface area contributed by atoms with Gasteiger partial charge >= 0.3 is 6.18 Å². The molecule has 0 aliphatic heterocycles. The fraction of sp³-hybridized carbons (Fsp3) is 0.450. The Morgan fingerprint density at radius 2 is 1.96 bits per heavy atom. The van der Waals surface area contributed by atoms with Gasteiger partial charge in [0, 0.05) is 18.4 Å². The van der Waals surface area contributed by atoms with Gasteiger partial charge in [-0.25, -0.2) is 4.68 Å². The predicted octanol–water partition coefficient (Wildman–Crippen LogP) is 3.93. The number of hydrogen-bond acceptors (Lipinski definition) is 3. The first-order chi connectivity index (χ1) is 12.9. The van der Waals surface area contributed by atoms with Gasteiger partial charge < -0.3 is 5.73 Å². The van der Waals surface area contributed by atoms with E-state index in [1.807, 2.05) is 13.8 Å². The Balaban J connectivity index is 2.09. The van der Waals surface area contributed by atoms with Crippen molar-refractivity contribution in [3.8, 4) is 5.69 Å². The minimum atomic E-state index is -4.34. The van der Waals surface area contributed by atoms with Gasteiger partial charge in [0.25, 0.3) is 0 Å². The molecule has 0 unspecified atom stereocenters. The number of fused-ring (bicyclic) bond motifs is 1. The SMILES string of the molecule is Cc1nn(-c2ccc(C(N)=O)c(CCC(F)(F)F)c2)c2c1C(=O)CC(C)(C)C2. The van der Waals surface area contributed by atoms with Crippen LogP contribution in [0.15, 0.2) is 18.2 Å². The third kappa shape index (κ3) is 3.95. The first-order valence-electron chi connectivity index (χ1n) is 8.99. The van der Waals surface area contributed by atoms with Crippen molar-refractivity contribution in [2.24, 2.45) is 11.1 Å². The maximum absolute atomic E-state index is 12.7. The van der Waals surface area contributed by atoms with Crippen molar-refractivity contribution in [2.75, 3.05) is 0 Å². The highest BCUT2D eigenvalue weighted by Gasteiger charge is 2.36. The molecule has 2 N–H and O–H groups in total. The number of halogens is 3. The third-order valence-electron chi connectivity index (χ3n) is 5.00. The first-order valence-corrected chi connectivity index (χ1v) is 8.99. The molecule has 1 heterocycles. The number of nitrogens with zero attached hydrogens (tertiary/aromatic N) is 2. The lowest BCUT2D eigenvalue weighted by Crippen LogP contribution is -2.28. The lowest BCUT2D eigenvalue weighted by atomic mass is 9.75. The Labute approximate surface area is 160 Å². The monoisotopic (exact) mass is 393 g/mol. The summed E-state index contributed by atoms with van der Waals surface area (Å²) in [5.74, 6) is -0.764. The summed E-state index contributed by atoms with van der Waals surface area (Å²) < 4.78 is 39.7. The van der Waals surface area contributed by atoms with Gasteiger partial charge in [-0.2, -0.15) is 18.3 Å². The Hall–Kier alpha value is -2.64. The molecule has 0 spiro atoms. The quantitative estimate of drug-likeness (QED) is 0.855. The molecule has 5 nitrogen and oxygen atoms in total. The number of carbonyl (C=O) groups is 2. The van der Waals surface area contributed by atoms with E-state index in [0.29, 0.717) is 29.8 Å². The van der Waals surface area contributed by atoms with E-state index in [0.717, 1.165) is 5.69 Å². The number of primary amides is 1. The van der Waals surface area contributed by atoms with Crippen LogP contribution in [0.2, 0.25) is 0 Å². The summed E-state index contributed by atoms with van der Waals surface area (Å²) in [6, 6.07) is 4.52. The molecule has 1 aromatic carbocycles. The molecule has 1 aliphatic rings. The summed E-state index contributed by atoms with van der Waals surface area (Å²) in [5, 5.41) is 4.46. The van der Waals surface area contributed by atoms with Crippen LogP contribution in [0.1, 0.15) is 64.4 Å². The number of Topliss-reactive ketones (excluding diaryl/α,β-unsaturated/α-hetero) is 1. The van der Waals surface area contributed by atoms with Crippen molar-refractivity contribution in [2.45, 2.75) is 52.6 Å². The number of amides is 1. The molecule has 8 heteroatoms. The highest BCUT2D eigenvalue weighted by molar-refractivity contribution is 6.00. The van der Waals surface area contributed by atoms with E-state index in [9.17, 15) is 22.8 Å². The average Bonchev–Trinajstić information content (AvgIpc) is 2.87. The number of nitrogens with two attached hydrogens (primary N) is 1. The van der Waals surface area contributed by atoms with Crippen molar-refractivity contribution < 1.29 is 22.8 Å². The molecule has 2 aromatic rings. The van der Waals surface area contributed by atoms with Gasteiger partial charge in [-0.3, -0.25) is 9.59 Å². The van der Waals surface area contributed by atoms with E-state index in [1.54, 1.807) is 17.7 Å². The minimum absolute atomic E-state index is 0.0149. The second kappa shape index (κ2) is 6.76. The number of aromatic nitrogens is 2. The predicted molar refractivity (Wildman–Crippen MR) is 97.6 cm³/mol. The first kappa shape index (κ1) is 20.1. The van der Waals surface area contributed by atoms with Gasteiger partial charge in [0.05, 0.1) is 22.6 Å². The van der Waals surface area contributed by atoms with Crippen LogP contribution < -0.4 is 5.73 Å². The molecule has 1 aromatic heterocycles. The molecule has 1 amide bonds. The van der Waals surface area contributed by atoms with Crippen molar-refractivity contribution in [3.63, 3.8) is 0 Å². The van der Waals surface area contributed by atoms with Gasteiger partial charge in [-0.05, 0) is 48.9 Å². The summed E-state index contributed by atoms with van der Waals surface area (Å²) in [6.45, 7) is 5.73. The van der Waals surface area contributed by atoms with Crippen molar-refractivity contribution >= 4 is 11.7 Å². The molecule has 1 aliphatic carbocycles. The van der Waals surface area contributed by atoms with E-state index in [1.165, 1.54) is 12.1 Å². The smallest absolute Gasteiger partial charge is 0.366 e. The molecule has 0 bridgehead atoms. The molecule has 0 radical (unpaired) electrons. The zero-order valence-electron chi connectivity index (χ0n) is 16.0. The second-order valence-corrected chi connectivity index (χ2v) is 8.08. The van der Waals surface area contributed by atoms with Crippen LogP contribution in [0.4, 0.5) is 13.2 Å². The van der Waals surface area contributed by atoms with Crippen molar-refractivity contribution in [3.05, 3.63) is 46.3 Å². The van der Waals surface area contributed by atoms with Gasteiger partial charge in [0.1, 0.15) is 0 Å². The molecule has 0 atom stereocenters. The Kier molecular flexibility index (Phi) is 4.85. The van der Waals surface area contributed by atoms with Crippen molar-refractivity contribution in [1.82, 2.24) is 9.78 Å². The summed E-state index contributed by atoms with van der Waals surface area (Å²) in [5.41, 5.74) is 7.78. The summed E-state index contributed by atoms with van der Waals surface area (Å²) in [4.78, 5) is 24.2. The van der Waals surface area contributed by atoms with Gasteiger partial charge in [-0.1, -0.05) is 13.8 Å². The fourth-order valence-electron chi connectivity index (χ4n) is 3.79. The largest absolute Gasteiger partial charge is 0.389 e. The molecule has 150 valence electrons. The zero-order chi connectivity index (χ0) is 20.9. The lowest BCUT2D eigenvalue weighted by molar-refractivity contribution is -0.134. The summed E-state index contributed by atoms with van der Waals surface area (Å²) in [7, 11) is 0. The molecule has 0 fully saturated rings. The van der Waals surface area contributed by atoms with Crippen LogP contribution in [0.5, 0.6) is 0 Å². The fourth-order valence-corrected chi connectivity index (χ4v) is 3.79. The van der Waals surface area contributed by atoms with Crippen LogP contribution >= 0.6 is 0 Å². The Morgan fingerprint density at radius 1 is 1.29 bits per heavy atom. The number of hydrogen-bond donors (Lipinski definition) is 1. The number of alkyl halides is 3. The Morgan fingerprint density at radius 3 is 2.57 bits per heavy atom. The van der Waals surface area contributed by atoms with Crippen LogP contribution in [-0.2, 0) is 12.8 Å². The maximum Gasteiger partial charge on any atom is 0.389 e. The molecule has 28 heavy (non-hydrogen) atoms. The standard InChI is InChI=1S/C20H22F3N3O2/c1-11-17-15(9-19(2,3)10-16(17)27)26(25-11)13-4-5-14(18(24)28)12(8-13)6-7-20(21,22)23/h4-5,8H,6-7,9-10H2,1-3H3,(H2,24,28). The summed E-state index contributed by atoms with van der Waals surface area (Å²) in [6.07, 6.45) is -4.72. The zero-order valence-corrected chi connectivity index (χ0v) is 16.0. The number of aryl methyl sites for hydroxylation is 2. The van der Waals surface area contributed by atoms with Gasteiger partial charge in [0.2, 0.25) is 5.91 Å². The van der Waals surface area contributed by atoms with E-state index in [2.05, 4.69) is 5.10 Å². The highest BCUT2D eigenvalue weighted by Crippen LogP contribution is 2.37. The highest BCUT2D eigenvalue weighted by atomic mass is 19.4. The van der Waals surface area contributed by atoms with Gasteiger partial charge in [-0.15, -0.1) is 0 Å². The number of carbonyl (C=O) groups excluding carboxylic acids is 2. The van der Waals surface area contributed by atoms with E-state index in [-0.39, 0.29) is 28.7 Å². The summed E-state index contributed by atoms with van der Waals surface area (Å²) >= 11 is 0. The normalized spacial score (nSPS) is 16.1. The van der Waals surface area contributed by atoms with E-state index >= 15 is 0 Å². The second-order valence-electron chi connectivity index (χ2n) is 8.08. The van der Waals surface area contributed by atoms with E-state index < -0.39 is 18.5 Å². The molecule has 3 rings (SSSR count). The maximum atomic E-state index is 12.7. The van der Waals surface area contributed by atoms with Crippen molar-refractivity contribution in [1.29, 1.82) is 0 Å². The molecule has 0 saturated heterocycles. The number of ketones is 1. The molecule has 0 saturated carbocycles. The number of benzene rings is 1. The minimum Gasteiger partial charge on any atom is -0.366 e. The molecular weight excluding hydrogens is 371 g/mol. The third-order valence-corrected chi connectivity index (χ3v) is 5.00. The molecular formula is C20H22F3N3O2. The van der Waals surface area contributed by atoms with Crippen LogP contribution in [-0.4, -0.2) is 27.6 Å². The van der Waals surface area contributed by atoms with Crippen LogP contribution in [0, 0.1) is 12.3 Å².